The summed E-state index contributed by atoms with van der Waals surface area (Å²) in [6.07, 6.45) is 3.08. The van der Waals surface area contributed by atoms with Crippen molar-refractivity contribution in [1.29, 1.82) is 0 Å². The predicted octanol–water partition coefficient (Wildman–Crippen LogP) is 0.0274. The lowest BCUT2D eigenvalue weighted by Gasteiger charge is -2.31. The second-order valence-electron chi connectivity index (χ2n) is 5.40. The molecule has 2 rings (SSSR count). The molecular weight excluding hydrogens is 266 g/mol. The van der Waals surface area contributed by atoms with Crippen LogP contribution >= 0.6 is 0 Å². The number of ether oxygens (including phenoxy) is 1. The molecule has 0 aromatic heterocycles. The predicted molar refractivity (Wildman–Crippen MR) is 74.2 cm³/mol. The van der Waals surface area contributed by atoms with Gasteiger partial charge in [0, 0.05) is 38.8 Å². The highest BCUT2D eigenvalue weighted by atomic mass is 32.2. The summed E-state index contributed by atoms with van der Waals surface area (Å²) in [6, 6.07) is -0.0648. The topological polar surface area (TPSA) is 61.9 Å². The Hall–Kier alpha value is -0.210. The molecule has 0 unspecified atom stereocenters. The number of hydrogen-bond acceptors (Lipinski definition) is 4. The van der Waals surface area contributed by atoms with Crippen LogP contribution in [0.5, 0.6) is 0 Å². The zero-order valence-corrected chi connectivity index (χ0v) is 12.5. The third-order valence-corrected chi connectivity index (χ3v) is 5.39. The van der Waals surface area contributed by atoms with Gasteiger partial charge < -0.3 is 4.74 Å². The van der Waals surface area contributed by atoms with E-state index in [1.807, 2.05) is 6.92 Å². The van der Waals surface area contributed by atoms with Crippen molar-refractivity contribution in [3.63, 3.8) is 0 Å². The highest BCUT2D eigenvalue weighted by molar-refractivity contribution is 7.87. The van der Waals surface area contributed by atoms with E-state index in [9.17, 15) is 8.42 Å². The maximum absolute atomic E-state index is 12.2. The Kier molecular flexibility index (Phi) is 5.58. The van der Waals surface area contributed by atoms with Gasteiger partial charge in [0.25, 0.3) is 10.2 Å². The molecule has 1 atom stereocenters. The standard InChI is InChI=1S/C12H25N3O3S/c1-12(11-14-7-9-18-10-8-14)13-19(16,17)15-5-3-2-4-6-15/h12-13H,2-11H2,1H3/t12-/m1/s1. The molecule has 2 heterocycles. The van der Waals surface area contributed by atoms with Crippen molar-refractivity contribution < 1.29 is 13.2 Å². The smallest absolute Gasteiger partial charge is 0.279 e. The molecule has 112 valence electrons. The first-order chi connectivity index (χ1) is 9.08. The van der Waals surface area contributed by atoms with Crippen LogP contribution in [0.15, 0.2) is 0 Å². The minimum Gasteiger partial charge on any atom is -0.379 e. The molecule has 0 aromatic rings. The molecule has 0 aromatic carbocycles. The average molecular weight is 291 g/mol. The number of piperidine rings is 1. The minimum absolute atomic E-state index is 0.0648. The van der Waals surface area contributed by atoms with Crippen LogP contribution in [-0.4, -0.2) is 69.6 Å². The van der Waals surface area contributed by atoms with E-state index in [-0.39, 0.29) is 6.04 Å². The number of nitrogens with one attached hydrogen (secondary N) is 1. The van der Waals surface area contributed by atoms with Crippen LogP contribution in [0.1, 0.15) is 26.2 Å². The molecule has 0 bridgehead atoms. The zero-order valence-electron chi connectivity index (χ0n) is 11.7. The second-order valence-corrected chi connectivity index (χ2v) is 7.10. The Morgan fingerprint density at radius 2 is 1.74 bits per heavy atom. The highest BCUT2D eigenvalue weighted by Gasteiger charge is 2.26. The zero-order chi connectivity index (χ0) is 13.7. The summed E-state index contributed by atoms with van der Waals surface area (Å²) in [7, 11) is -3.31. The molecule has 2 saturated heterocycles. The molecule has 6 nitrogen and oxygen atoms in total. The monoisotopic (exact) mass is 291 g/mol. The van der Waals surface area contributed by atoms with Gasteiger partial charge in [-0.05, 0) is 19.8 Å². The molecule has 2 fully saturated rings. The third-order valence-electron chi connectivity index (χ3n) is 3.64. The quantitative estimate of drug-likeness (QED) is 0.776. The molecular formula is C12H25N3O3S. The van der Waals surface area contributed by atoms with Crippen LogP contribution in [0.4, 0.5) is 0 Å². The Balaban J connectivity index is 1.80. The first-order valence-corrected chi connectivity index (χ1v) is 8.59. The Bertz CT molecular complexity index is 362. The average Bonchev–Trinajstić information content (AvgIpc) is 2.40. The Morgan fingerprint density at radius 3 is 2.37 bits per heavy atom. The molecule has 0 aliphatic carbocycles. The Morgan fingerprint density at radius 1 is 1.11 bits per heavy atom. The van der Waals surface area contributed by atoms with Crippen LogP contribution < -0.4 is 4.72 Å². The summed E-state index contributed by atoms with van der Waals surface area (Å²) < 4.78 is 34.1. The fourth-order valence-corrected chi connectivity index (χ4v) is 4.11. The van der Waals surface area contributed by atoms with Crippen LogP contribution in [0.2, 0.25) is 0 Å². The molecule has 1 N–H and O–H groups in total. The van der Waals surface area contributed by atoms with Gasteiger partial charge in [-0.3, -0.25) is 4.90 Å². The van der Waals surface area contributed by atoms with E-state index in [0.29, 0.717) is 13.1 Å². The van der Waals surface area contributed by atoms with Gasteiger partial charge in [-0.2, -0.15) is 17.4 Å². The lowest BCUT2D eigenvalue weighted by molar-refractivity contribution is 0.0353. The number of morpholine rings is 1. The third kappa shape index (κ3) is 4.68. The lowest BCUT2D eigenvalue weighted by atomic mass is 10.2. The SMILES string of the molecule is C[C@H](CN1CCOCC1)NS(=O)(=O)N1CCCCC1. The largest absolute Gasteiger partial charge is 0.379 e. The van der Waals surface area contributed by atoms with Gasteiger partial charge in [0.1, 0.15) is 0 Å². The summed E-state index contributed by atoms with van der Waals surface area (Å²) in [5.41, 5.74) is 0. The van der Waals surface area contributed by atoms with Crippen molar-refractivity contribution in [2.45, 2.75) is 32.2 Å². The van der Waals surface area contributed by atoms with Crippen molar-refractivity contribution in [2.75, 3.05) is 45.9 Å². The molecule has 0 amide bonds. The Labute approximate surface area is 116 Å². The molecule has 2 aliphatic heterocycles. The van der Waals surface area contributed by atoms with Crippen LogP contribution in [0, 0.1) is 0 Å². The van der Waals surface area contributed by atoms with E-state index in [1.165, 1.54) is 0 Å². The van der Waals surface area contributed by atoms with Crippen LogP contribution in [0.3, 0.4) is 0 Å². The molecule has 19 heavy (non-hydrogen) atoms. The lowest BCUT2D eigenvalue weighted by Crippen LogP contribution is -2.50. The van der Waals surface area contributed by atoms with E-state index in [4.69, 9.17) is 4.74 Å². The second kappa shape index (κ2) is 6.99. The van der Waals surface area contributed by atoms with Gasteiger partial charge in [0.2, 0.25) is 0 Å². The van der Waals surface area contributed by atoms with E-state index >= 15 is 0 Å². The van der Waals surface area contributed by atoms with Gasteiger partial charge >= 0.3 is 0 Å². The van der Waals surface area contributed by atoms with Gasteiger partial charge in [-0.25, -0.2) is 0 Å². The van der Waals surface area contributed by atoms with Gasteiger partial charge in [0.05, 0.1) is 13.2 Å². The normalized spacial score (nSPS) is 25.3. The van der Waals surface area contributed by atoms with Gasteiger partial charge in [-0.15, -0.1) is 0 Å². The van der Waals surface area contributed by atoms with Crippen molar-refractivity contribution in [3.05, 3.63) is 0 Å². The summed E-state index contributed by atoms with van der Waals surface area (Å²) in [5.74, 6) is 0. The van der Waals surface area contributed by atoms with Gasteiger partial charge in [0.15, 0.2) is 0 Å². The number of nitrogens with zero attached hydrogens (tertiary/aromatic N) is 2. The van der Waals surface area contributed by atoms with Crippen molar-refractivity contribution in [3.8, 4) is 0 Å². The minimum atomic E-state index is -3.31. The molecule has 0 saturated carbocycles. The molecule has 7 heteroatoms. The van der Waals surface area contributed by atoms with Crippen molar-refractivity contribution >= 4 is 10.2 Å². The number of hydrogen-bond donors (Lipinski definition) is 1. The van der Waals surface area contributed by atoms with Crippen molar-refractivity contribution in [2.24, 2.45) is 0 Å². The van der Waals surface area contributed by atoms with Crippen molar-refractivity contribution in [1.82, 2.24) is 13.9 Å². The van der Waals surface area contributed by atoms with E-state index < -0.39 is 10.2 Å². The number of rotatable bonds is 5. The molecule has 0 radical (unpaired) electrons. The summed E-state index contributed by atoms with van der Waals surface area (Å²) in [4.78, 5) is 2.24. The summed E-state index contributed by atoms with van der Waals surface area (Å²) in [6.45, 7) is 7.23. The fraction of sp³-hybridized carbons (Fsp3) is 1.00. The molecule has 2 aliphatic rings. The first kappa shape index (κ1) is 15.2. The van der Waals surface area contributed by atoms with Gasteiger partial charge in [-0.1, -0.05) is 6.42 Å². The van der Waals surface area contributed by atoms with E-state index in [1.54, 1.807) is 4.31 Å². The molecule has 0 spiro atoms. The summed E-state index contributed by atoms with van der Waals surface area (Å²) in [5, 5.41) is 0. The van der Waals surface area contributed by atoms with Crippen LogP contribution in [-0.2, 0) is 14.9 Å². The maximum Gasteiger partial charge on any atom is 0.279 e. The van der Waals surface area contributed by atoms with E-state index in [2.05, 4.69) is 9.62 Å². The van der Waals surface area contributed by atoms with Crippen LogP contribution in [0.25, 0.3) is 0 Å². The maximum atomic E-state index is 12.2. The van der Waals surface area contributed by atoms with E-state index in [0.717, 1.165) is 52.1 Å². The highest BCUT2D eigenvalue weighted by Crippen LogP contribution is 2.12. The fourth-order valence-electron chi connectivity index (χ4n) is 2.64. The summed E-state index contributed by atoms with van der Waals surface area (Å²) >= 11 is 0. The first-order valence-electron chi connectivity index (χ1n) is 7.15.